The van der Waals surface area contributed by atoms with Crippen molar-refractivity contribution >= 4 is 29.5 Å². The lowest BCUT2D eigenvalue weighted by atomic mass is 9.98. The molecule has 0 fully saturated rings. The molecule has 218 valence electrons. The van der Waals surface area contributed by atoms with Crippen LogP contribution in [0.25, 0.3) is 0 Å². The molecule has 40 heavy (non-hydrogen) atoms. The summed E-state index contributed by atoms with van der Waals surface area (Å²) in [6.45, 7) is 8.66. The van der Waals surface area contributed by atoms with Crippen LogP contribution in [0.5, 0.6) is 11.5 Å². The summed E-state index contributed by atoms with van der Waals surface area (Å²) in [5.74, 6) is -1.73. The molecule has 2 rings (SSSR count). The molecule has 0 aliphatic rings. The van der Waals surface area contributed by atoms with Crippen LogP contribution in [0.2, 0.25) is 0 Å². The third kappa shape index (κ3) is 9.18. The Morgan fingerprint density at radius 2 is 1.73 bits per heavy atom. The number of amides is 4. The molecule has 0 bridgehead atoms. The van der Waals surface area contributed by atoms with Crippen molar-refractivity contribution in [3.05, 3.63) is 53.6 Å². The summed E-state index contributed by atoms with van der Waals surface area (Å²) in [5.41, 5.74) is 5.68. The quantitative estimate of drug-likeness (QED) is 0.309. The van der Waals surface area contributed by atoms with Crippen LogP contribution in [-0.2, 0) is 19.1 Å². The van der Waals surface area contributed by atoms with E-state index in [1.165, 1.54) is 12.0 Å². The van der Waals surface area contributed by atoms with E-state index in [4.69, 9.17) is 15.2 Å². The van der Waals surface area contributed by atoms with Crippen molar-refractivity contribution in [2.45, 2.75) is 71.6 Å². The number of aromatic hydroxyl groups is 1. The third-order valence-corrected chi connectivity index (χ3v) is 5.91. The first kappa shape index (κ1) is 31.9. The second kappa shape index (κ2) is 14.2. The normalized spacial score (nSPS) is 12.6. The van der Waals surface area contributed by atoms with Crippen molar-refractivity contribution in [3.8, 4) is 11.5 Å². The standard InChI is InChI=1S/C29H40N4O7/c1-7-8-16-33(27(37)22(17-23(30)34)32-28(38)40-29(3,4)5)24(21-11-9-10-18(2)25(21)35)26(36)31-19-12-14-20(39-6)15-13-19/h9-15,22,24,35H,7-8,16-17H2,1-6H3,(H2,30,34)(H,31,36)(H,32,38). The molecule has 0 aliphatic carbocycles. The zero-order valence-corrected chi connectivity index (χ0v) is 23.9. The maximum absolute atomic E-state index is 14.0. The summed E-state index contributed by atoms with van der Waals surface area (Å²) in [7, 11) is 1.52. The topological polar surface area (TPSA) is 160 Å². The number of hydrogen-bond acceptors (Lipinski definition) is 7. The molecule has 11 heteroatoms. The Kier molecular flexibility index (Phi) is 11.3. The van der Waals surface area contributed by atoms with E-state index in [0.29, 0.717) is 29.8 Å². The highest BCUT2D eigenvalue weighted by Crippen LogP contribution is 2.33. The second-order valence-electron chi connectivity index (χ2n) is 10.4. The average molecular weight is 557 g/mol. The number of methoxy groups -OCH3 is 1. The maximum Gasteiger partial charge on any atom is 0.408 e. The van der Waals surface area contributed by atoms with Gasteiger partial charge >= 0.3 is 6.09 Å². The van der Waals surface area contributed by atoms with Gasteiger partial charge < -0.3 is 35.8 Å². The summed E-state index contributed by atoms with van der Waals surface area (Å²) in [4.78, 5) is 53.6. The molecule has 0 saturated heterocycles. The number of ether oxygens (including phenoxy) is 2. The number of alkyl carbamates (subject to hydrolysis) is 1. The van der Waals surface area contributed by atoms with E-state index in [1.807, 2.05) is 6.92 Å². The fourth-order valence-corrected chi connectivity index (χ4v) is 3.98. The number of hydrogen-bond donors (Lipinski definition) is 4. The number of nitrogens with two attached hydrogens (primary N) is 1. The lowest BCUT2D eigenvalue weighted by Gasteiger charge is -2.34. The number of phenolic OH excluding ortho intramolecular Hbond substituents is 1. The lowest BCUT2D eigenvalue weighted by molar-refractivity contribution is -0.142. The van der Waals surface area contributed by atoms with Gasteiger partial charge in [0.1, 0.15) is 29.2 Å². The van der Waals surface area contributed by atoms with E-state index < -0.39 is 47.9 Å². The van der Waals surface area contributed by atoms with Crippen LogP contribution in [0.15, 0.2) is 42.5 Å². The number of carbonyl (C=O) groups is 4. The highest BCUT2D eigenvalue weighted by Gasteiger charge is 2.38. The fraction of sp³-hybridized carbons (Fsp3) is 0.448. The van der Waals surface area contributed by atoms with Gasteiger partial charge in [-0.15, -0.1) is 0 Å². The molecule has 5 N–H and O–H groups in total. The molecule has 0 radical (unpaired) electrons. The summed E-state index contributed by atoms with van der Waals surface area (Å²) in [6, 6.07) is 8.80. The van der Waals surface area contributed by atoms with Crippen LogP contribution in [0.1, 0.15) is 64.1 Å². The number of benzene rings is 2. The first-order chi connectivity index (χ1) is 18.8. The van der Waals surface area contributed by atoms with Crippen molar-refractivity contribution in [3.63, 3.8) is 0 Å². The molecule has 0 aromatic heterocycles. The number of para-hydroxylation sites is 1. The van der Waals surface area contributed by atoms with Gasteiger partial charge in [0.25, 0.3) is 5.91 Å². The highest BCUT2D eigenvalue weighted by atomic mass is 16.6. The molecule has 11 nitrogen and oxygen atoms in total. The Balaban J connectivity index is 2.58. The molecular formula is C29H40N4O7. The SMILES string of the molecule is CCCCN(C(=O)C(CC(N)=O)NC(=O)OC(C)(C)C)C(C(=O)Nc1ccc(OC)cc1)c1cccc(C)c1O. The molecule has 2 aromatic carbocycles. The minimum Gasteiger partial charge on any atom is -0.507 e. The Hall–Kier alpha value is -4.28. The number of primary amides is 1. The van der Waals surface area contributed by atoms with Crippen LogP contribution < -0.4 is 21.1 Å². The predicted octanol–water partition coefficient (Wildman–Crippen LogP) is 3.79. The average Bonchev–Trinajstić information content (AvgIpc) is 2.86. The summed E-state index contributed by atoms with van der Waals surface area (Å²) in [5, 5.41) is 16.2. The van der Waals surface area contributed by atoms with Gasteiger partial charge in [-0.3, -0.25) is 14.4 Å². The molecule has 2 aromatic rings. The van der Waals surface area contributed by atoms with Crippen LogP contribution in [0.3, 0.4) is 0 Å². The zero-order chi connectivity index (χ0) is 30.0. The first-order valence-electron chi connectivity index (χ1n) is 13.1. The van der Waals surface area contributed by atoms with Crippen molar-refractivity contribution in [1.82, 2.24) is 10.2 Å². The highest BCUT2D eigenvalue weighted by molar-refractivity contribution is 6.00. The summed E-state index contributed by atoms with van der Waals surface area (Å²) < 4.78 is 10.5. The molecule has 0 aliphatic heterocycles. The minimum absolute atomic E-state index is 0.0919. The Morgan fingerprint density at radius 3 is 2.27 bits per heavy atom. The predicted molar refractivity (Wildman–Crippen MR) is 151 cm³/mol. The molecule has 0 heterocycles. The van der Waals surface area contributed by atoms with Gasteiger partial charge in [-0.1, -0.05) is 31.5 Å². The number of rotatable bonds is 12. The number of aryl methyl sites for hydroxylation is 1. The van der Waals surface area contributed by atoms with Gasteiger partial charge in [0.15, 0.2) is 0 Å². The largest absolute Gasteiger partial charge is 0.507 e. The Morgan fingerprint density at radius 1 is 1.07 bits per heavy atom. The van der Waals surface area contributed by atoms with E-state index in [2.05, 4.69) is 10.6 Å². The van der Waals surface area contributed by atoms with E-state index in [-0.39, 0.29) is 17.9 Å². The Labute approximate surface area is 235 Å². The van der Waals surface area contributed by atoms with E-state index in [1.54, 1.807) is 70.2 Å². The third-order valence-electron chi connectivity index (χ3n) is 5.91. The van der Waals surface area contributed by atoms with Crippen LogP contribution in [0.4, 0.5) is 10.5 Å². The summed E-state index contributed by atoms with van der Waals surface area (Å²) in [6.07, 6.45) is -0.260. The van der Waals surface area contributed by atoms with Gasteiger partial charge in [-0.2, -0.15) is 0 Å². The number of nitrogens with one attached hydrogen (secondary N) is 2. The second-order valence-corrected chi connectivity index (χ2v) is 10.4. The van der Waals surface area contributed by atoms with Gasteiger partial charge in [0.05, 0.1) is 13.5 Å². The van der Waals surface area contributed by atoms with Crippen molar-refractivity contribution in [2.24, 2.45) is 5.73 Å². The first-order valence-corrected chi connectivity index (χ1v) is 13.1. The Bertz CT molecular complexity index is 1190. The number of nitrogens with zero attached hydrogens (tertiary/aromatic N) is 1. The van der Waals surface area contributed by atoms with E-state index in [9.17, 15) is 24.3 Å². The fourth-order valence-electron chi connectivity index (χ4n) is 3.98. The number of anilines is 1. The lowest BCUT2D eigenvalue weighted by Crippen LogP contribution is -2.53. The van der Waals surface area contributed by atoms with Crippen LogP contribution in [0, 0.1) is 6.92 Å². The monoisotopic (exact) mass is 556 g/mol. The van der Waals surface area contributed by atoms with Crippen molar-refractivity contribution in [1.29, 1.82) is 0 Å². The smallest absolute Gasteiger partial charge is 0.408 e. The van der Waals surface area contributed by atoms with Crippen molar-refractivity contribution in [2.75, 3.05) is 19.0 Å². The van der Waals surface area contributed by atoms with Gasteiger partial charge in [-0.05, 0) is 63.9 Å². The molecular weight excluding hydrogens is 516 g/mol. The van der Waals surface area contributed by atoms with Gasteiger partial charge in [0.2, 0.25) is 11.8 Å². The van der Waals surface area contributed by atoms with Crippen molar-refractivity contribution < 1.29 is 33.8 Å². The number of phenols is 1. The van der Waals surface area contributed by atoms with E-state index >= 15 is 0 Å². The van der Waals surface area contributed by atoms with Crippen LogP contribution in [-0.4, -0.2) is 59.1 Å². The molecule has 0 saturated carbocycles. The minimum atomic E-state index is -1.41. The summed E-state index contributed by atoms with van der Waals surface area (Å²) >= 11 is 0. The zero-order valence-electron chi connectivity index (χ0n) is 23.9. The molecule has 2 atom stereocenters. The molecule has 4 amide bonds. The number of unbranched alkanes of at least 4 members (excludes halogenated alkanes) is 1. The number of carbonyl (C=O) groups excluding carboxylic acids is 4. The van der Waals surface area contributed by atoms with Crippen LogP contribution >= 0.6 is 0 Å². The molecule has 0 spiro atoms. The van der Waals surface area contributed by atoms with Gasteiger partial charge in [-0.25, -0.2) is 4.79 Å². The van der Waals surface area contributed by atoms with Gasteiger partial charge in [0, 0.05) is 17.8 Å². The molecule has 2 unspecified atom stereocenters. The van der Waals surface area contributed by atoms with E-state index in [0.717, 1.165) is 0 Å². The maximum atomic E-state index is 14.0.